The number of rotatable bonds is 4. The van der Waals surface area contributed by atoms with Gasteiger partial charge in [0.25, 0.3) is 0 Å². The lowest BCUT2D eigenvalue weighted by molar-refractivity contribution is 0.101. The van der Waals surface area contributed by atoms with Gasteiger partial charge in [0, 0.05) is 24.7 Å². The van der Waals surface area contributed by atoms with Crippen LogP contribution in [0.15, 0.2) is 30.3 Å². The van der Waals surface area contributed by atoms with Gasteiger partial charge in [0.2, 0.25) is 0 Å². The molecule has 2 rings (SSSR count). The number of nitrogens with zero attached hydrogens (tertiary/aromatic N) is 1. The summed E-state index contributed by atoms with van der Waals surface area (Å²) in [5.74, 6) is 0.130. The van der Waals surface area contributed by atoms with E-state index in [-0.39, 0.29) is 18.1 Å². The van der Waals surface area contributed by atoms with Gasteiger partial charge in [-0.05, 0) is 32.4 Å². The number of anilines is 1. The minimum absolute atomic E-state index is 0.0161. The van der Waals surface area contributed by atoms with Gasteiger partial charge >= 0.3 is 6.09 Å². The maximum Gasteiger partial charge on any atom is 0.407 e. The smallest absolute Gasteiger partial charge is 0.407 e. The second kappa shape index (κ2) is 7.31. The zero-order valence-corrected chi connectivity index (χ0v) is 12.7. The van der Waals surface area contributed by atoms with Gasteiger partial charge in [0.15, 0.2) is 0 Å². The van der Waals surface area contributed by atoms with Gasteiger partial charge in [-0.3, -0.25) is 0 Å². The van der Waals surface area contributed by atoms with Crippen molar-refractivity contribution in [1.29, 1.82) is 0 Å². The van der Waals surface area contributed by atoms with Crippen molar-refractivity contribution < 1.29 is 14.6 Å². The number of hydrogen-bond donors (Lipinski definition) is 2. The van der Waals surface area contributed by atoms with Crippen molar-refractivity contribution >= 4 is 11.8 Å². The van der Waals surface area contributed by atoms with E-state index in [0.29, 0.717) is 6.61 Å². The number of nitrogens with one attached hydrogen (secondary N) is 1. The molecule has 21 heavy (non-hydrogen) atoms. The highest BCUT2D eigenvalue weighted by atomic mass is 16.5. The van der Waals surface area contributed by atoms with Crippen molar-refractivity contribution in [3.8, 4) is 0 Å². The summed E-state index contributed by atoms with van der Waals surface area (Å²) in [5.41, 5.74) is 1.11. The molecule has 116 valence electrons. The van der Waals surface area contributed by atoms with Gasteiger partial charge in [-0.25, -0.2) is 4.79 Å². The summed E-state index contributed by atoms with van der Waals surface area (Å²) in [6.07, 6.45) is -0.0236. The van der Waals surface area contributed by atoms with Gasteiger partial charge in [-0.15, -0.1) is 0 Å². The average Bonchev–Trinajstić information content (AvgIpc) is 2.48. The molecule has 1 fully saturated rings. The first-order chi connectivity index (χ1) is 10.1. The molecule has 1 aromatic rings. The first-order valence-electron chi connectivity index (χ1n) is 7.51. The number of aliphatic hydroxyl groups is 1. The van der Waals surface area contributed by atoms with Crippen LogP contribution in [0.4, 0.5) is 10.5 Å². The number of hydrogen-bond acceptors (Lipinski definition) is 4. The number of piperidine rings is 1. The molecule has 1 saturated heterocycles. The Labute approximate surface area is 125 Å². The molecule has 0 saturated carbocycles. The topological polar surface area (TPSA) is 61.8 Å². The lowest BCUT2D eigenvalue weighted by atomic mass is 9.90. The maximum atomic E-state index is 11.6. The van der Waals surface area contributed by atoms with Gasteiger partial charge in [-0.2, -0.15) is 0 Å². The number of aliphatic hydroxyl groups excluding tert-OH is 1. The lowest BCUT2D eigenvalue weighted by Crippen LogP contribution is -2.53. The van der Waals surface area contributed by atoms with Crippen LogP contribution >= 0.6 is 0 Å². The van der Waals surface area contributed by atoms with Crippen molar-refractivity contribution in [2.45, 2.75) is 32.4 Å². The van der Waals surface area contributed by atoms with E-state index in [2.05, 4.69) is 10.2 Å². The SMILES string of the molecule is CCOC(=O)NC1CC(C(C)O)CN(c2ccccc2)C1. The number of carbonyl (C=O) groups excluding carboxylic acids is 1. The molecule has 1 heterocycles. The molecule has 0 aromatic heterocycles. The van der Waals surface area contributed by atoms with E-state index in [4.69, 9.17) is 4.74 Å². The predicted octanol–water partition coefficient (Wildman–Crippen LogP) is 2.01. The second-order valence-corrected chi connectivity index (χ2v) is 5.54. The van der Waals surface area contributed by atoms with Crippen molar-refractivity contribution in [3.05, 3.63) is 30.3 Å². The molecule has 1 aromatic carbocycles. The fourth-order valence-corrected chi connectivity index (χ4v) is 2.78. The van der Waals surface area contributed by atoms with Crippen LogP contribution in [0.5, 0.6) is 0 Å². The molecule has 0 bridgehead atoms. The largest absolute Gasteiger partial charge is 0.450 e. The minimum Gasteiger partial charge on any atom is -0.450 e. The first kappa shape index (κ1) is 15.6. The van der Waals surface area contributed by atoms with Crippen LogP contribution in [0.1, 0.15) is 20.3 Å². The van der Waals surface area contributed by atoms with E-state index in [9.17, 15) is 9.90 Å². The van der Waals surface area contributed by atoms with Gasteiger partial charge < -0.3 is 20.1 Å². The average molecular weight is 292 g/mol. The third-order valence-electron chi connectivity index (χ3n) is 3.88. The molecule has 1 amide bonds. The van der Waals surface area contributed by atoms with E-state index in [1.807, 2.05) is 30.3 Å². The summed E-state index contributed by atoms with van der Waals surface area (Å²) in [6.45, 7) is 5.48. The highest BCUT2D eigenvalue weighted by molar-refractivity contribution is 5.67. The normalized spacial score (nSPS) is 23.5. The number of ether oxygens (including phenoxy) is 1. The maximum absolute atomic E-state index is 11.6. The minimum atomic E-state index is -0.400. The van der Waals surface area contributed by atoms with E-state index < -0.39 is 6.10 Å². The van der Waals surface area contributed by atoms with Gasteiger partial charge in [-0.1, -0.05) is 18.2 Å². The Balaban J connectivity index is 2.06. The van der Waals surface area contributed by atoms with Gasteiger partial charge in [0.1, 0.15) is 0 Å². The predicted molar refractivity (Wildman–Crippen MR) is 82.4 cm³/mol. The third-order valence-corrected chi connectivity index (χ3v) is 3.88. The van der Waals surface area contributed by atoms with Crippen LogP contribution in [-0.4, -0.2) is 43.0 Å². The molecule has 5 nitrogen and oxygen atoms in total. The number of para-hydroxylation sites is 1. The van der Waals surface area contributed by atoms with E-state index in [0.717, 1.165) is 25.2 Å². The summed E-state index contributed by atoms with van der Waals surface area (Å²) >= 11 is 0. The van der Waals surface area contributed by atoms with Gasteiger partial charge in [0.05, 0.1) is 18.8 Å². The molecule has 0 aliphatic carbocycles. The summed E-state index contributed by atoms with van der Waals surface area (Å²) in [5, 5.41) is 12.8. The lowest BCUT2D eigenvalue weighted by Gasteiger charge is -2.40. The first-order valence-corrected chi connectivity index (χ1v) is 7.51. The summed E-state index contributed by atoms with van der Waals surface area (Å²) < 4.78 is 4.95. The van der Waals surface area contributed by atoms with Crippen LogP contribution in [0.2, 0.25) is 0 Å². The number of carbonyl (C=O) groups is 1. The molecule has 0 spiro atoms. The summed E-state index contributed by atoms with van der Waals surface area (Å²) in [7, 11) is 0. The molecular weight excluding hydrogens is 268 g/mol. The monoisotopic (exact) mass is 292 g/mol. The van der Waals surface area contributed by atoms with E-state index >= 15 is 0 Å². The van der Waals surface area contributed by atoms with E-state index in [1.54, 1.807) is 13.8 Å². The van der Waals surface area contributed by atoms with Crippen molar-refractivity contribution in [3.63, 3.8) is 0 Å². The highest BCUT2D eigenvalue weighted by Gasteiger charge is 2.31. The van der Waals surface area contributed by atoms with Crippen LogP contribution in [0, 0.1) is 5.92 Å². The zero-order chi connectivity index (χ0) is 15.2. The molecule has 5 heteroatoms. The standard InChI is InChI=1S/C16H24N2O3/c1-3-21-16(20)17-14-9-13(12(2)19)10-18(11-14)15-7-5-4-6-8-15/h4-8,12-14,19H,3,9-11H2,1-2H3,(H,17,20). The Morgan fingerprint density at radius 1 is 1.43 bits per heavy atom. The second-order valence-electron chi connectivity index (χ2n) is 5.54. The summed E-state index contributed by atoms with van der Waals surface area (Å²) in [4.78, 5) is 13.8. The fraction of sp³-hybridized carbons (Fsp3) is 0.562. The van der Waals surface area contributed by atoms with Crippen LogP contribution in [0.25, 0.3) is 0 Å². The molecule has 1 aliphatic heterocycles. The Morgan fingerprint density at radius 3 is 2.76 bits per heavy atom. The van der Waals surface area contributed by atoms with Crippen molar-refractivity contribution in [1.82, 2.24) is 5.32 Å². The van der Waals surface area contributed by atoms with Crippen LogP contribution < -0.4 is 10.2 Å². The highest BCUT2D eigenvalue weighted by Crippen LogP contribution is 2.25. The Bertz CT molecular complexity index is 450. The number of amides is 1. The van der Waals surface area contributed by atoms with E-state index in [1.165, 1.54) is 0 Å². The molecule has 3 unspecified atom stereocenters. The Morgan fingerprint density at radius 2 is 2.14 bits per heavy atom. The zero-order valence-electron chi connectivity index (χ0n) is 12.7. The summed E-state index contributed by atoms with van der Waals surface area (Å²) in [6, 6.07) is 10.0. The number of benzene rings is 1. The molecular formula is C16H24N2O3. The van der Waals surface area contributed by atoms with Crippen molar-refractivity contribution in [2.75, 3.05) is 24.6 Å². The quantitative estimate of drug-likeness (QED) is 0.891. The molecule has 1 aliphatic rings. The Hall–Kier alpha value is -1.75. The molecule has 3 atom stereocenters. The third kappa shape index (κ3) is 4.36. The fourth-order valence-electron chi connectivity index (χ4n) is 2.78. The molecule has 0 radical (unpaired) electrons. The van der Waals surface area contributed by atoms with Crippen LogP contribution in [-0.2, 0) is 4.74 Å². The number of alkyl carbamates (subject to hydrolysis) is 1. The Kier molecular flexibility index (Phi) is 5.44. The van der Waals surface area contributed by atoms with Crippen LogP contribution in [0.3, 0.4) is 0 Å². The van der Waals surface area contributed by atoms with Crippen molar-refractivity contribution in [2.24, 2.45) is 5.92 Å². The molecule has 2 N–H and O–H groups in total.